The van der Waals surface area contributed by atoms with Crippen LogP contribution in [0.5, 0.6) is 0 Å². The number of hydrogen-bond donors (Lipinski definition) is 6. The number of amidine groups is 1. The maximum atomic E-state index is 13.6. The highest BCUT2D eigenvalue weighted by Gasteiger charge is 2.38. The Labute approximate surface area is 247 Å². The molecule has 2 amide bonds. The van der Waals surface area contributed by atoms with Crippen molar-refractivity contribution in [2.75, 3.05) is 26.7 Å². The number of likely N-dealkylation sites (N-methyl/N-ethyl adjacent to an activating group) is 1. The molecule has 0 saturated carbocycles. The van der Waals surface area contributed by atoms with Gasteiger partial charge in [0.25, 0.3) is 0 Å². The number of carboxylic acids is 1. The maximum absolute atomic E-state index is 13.6. The third-order valence-corrected chi connectivity index (χ3v) is 8.20. The van der Waals surface area contributed by atoms with Crippen molar-refractivity contribution in [1.29, 1.82) is 5.41 Å². The summed E-state index contributed by atoms with van der Waals surface area (Å²) in [7, 11) is 1.72. The number of nitrogens with zero attached hydrogens (tertiary/aromatic N) is 2. The summed E-state index contributed by atoms with van der Waals surface area (Å²) >= 11 is 1.06. The molecule has 4 rings (SSSR count). The molecule has 1 aromatic heterocycles. The van der Waals surface area contributed by atoms with E-state index >= 15 is 0 Å². The molecule has 42 heavy (non-hydrogen) atoms. The Kier molecular flexibility index (Phi) is 10.3. The highest BCUT2D eigenvalue weighted by atomic mass is 32.1. The van der Waals surface area contributed by atoms with Gasteiger partial charge in [-0.25, -0.2) is 9.78 Å². The average molecular weight is 594 g/mol. The molecule has 222 valence electrons. The summed E-state index contributed by atoms with van der Waals surface area (Å²) in [6.45, 7) is 0.856. The molecule has 1 fully saturated rings. The van der Waals surface area contributed by atoms with Gasteiger partial charge in [-0.1, -0.05) is 30.3 Å². The van der Waals surface area contributed by atoms with Gasteiger partial charge in [0.2, 0.25) is 17.6 Å². The fourth-order valence-corrected chi connectivity index (χ4v) is 5.98. The van der Waals surface area contributed by atoms with Crippen molar-refractivity contribution in [2.45, 2.75) is 43.8 Å². The van der Waals surface area contributed by atoms with Crippen LogP contribution in [0.25, 0.3) is 10.2 Å². The van der Waals surface area contributed by atoms with E-state index in [2.05, 4.69) is 20.9 Å². The quantitative estimate of drug-likeness (QED) is 0.0694. The van der Waals surface area contributed by atoms with Crippen LogP contribution in [0.1, 0.15) is 45.0 Å². The summed E-state index contributed by atoms with van der Waals surface area (Å²) < 4.78 is 0.544. The minimum absolute atomic E-state index is 0.0583. The Balaban J connectivity index is 1.50. The molecule has 13 heteroatoms. The van der Waals surface area contributed by atoms with Crippen molar-refractivity contribution in [3.8, 4) is 0 Å². The fraction of sp³-hybridized carbons (Fsp3) is 0.379. The van der Waals surface area contributed by atoms with Gasteiger partial charge in [-0.05, 0) is 63.0 Å². The molecule has 3 atom stereocenters. The molecule has 0 bridgehead atoms. The number of carbonyl (C=O) groups is 4. The maximum Gasteiger partial charge on any atom is 0.335 e. The number of rotatable bonds is 14. The minimum atomic E-state index is -1.08. The molecule has 12 nitrogen and oxygen atoms in total. The van der Waals surface area contributed by atoms with Gasteiger partial charge in [0, 0.05) is 6.54 Å². The topological polar surface area (TPSA) is 191 Å². The number of Topliss-reactive ketones (excluding diaryl/α,β-unsaturated/α-hetero) is 1. The number of aromatic nitrogens is 1. The van der Waals surface area contributed by atoms with E-state index < -0.39 is 35.8 Å². The number of amides is 2. The first kappa shape index (κ1) is 30.8. The zero-order valence-electron chi connectivity index (χ0n) is 23.3. The summed E-state index contributed by atoms with van der Waals surface area (Å²) in [6, 6.07) is 11.9. The van der Waals surface area contributed by atoms with Gasteiger partial charge in [-0.2, -0.15) is 0 Å². The van der Waals surface area contributed by atoms with Crippen LogP contribution in [0.4, 0.5) is 0 Å². The van der Waals surface area contributed by atoms with Crippen molar-refractivity contribution in [3.63, 3.8) is 0 Å². The van der Waals surface area contributed by atoms with E-state index in [4.69, 9.17) is 11.1 Å². The Morgan fingerprint density at radius 3 is 2.62 bits per heavy atom. The molecule has 2 heterocycles. The zero-order valence-corrected chi connectivity index (χ0v) is 24.1. The van der Waals surface area contributed by atoms with Gasteiger partial charge >= 0.3 is 5.97 Å². The van der Waals surface area contributed by atoms with Gasteiger partial charge in [-0.3, -0.25) is 19.8 Å². The summed E-state index contributed by atoms with van der Waals surface area (Å²) in [4.78, 5) is 58.0. The average Bonchev–Trinajstić information content (AvgIpc) is 3.64. The normalized spacial score (nSPS) is 16.2. The summed E-state index contributed by atoms with van der Waals surface area (Å²) in [6.07, 6.45) is 1.81. The lowest BCUT2D eigenvalue weighted by Gasteiger charge is -2.29. The van der Waals surface area contributed by atoms with Crippen LogP contribution < -0.4 is 21.7 Å². The number of hydrogen-bond acceptors (Lipinski definition) is 9. The molecule has 0 spiro atoms. The number of nitrogens with two attached hydrogens (primary N) is 1. The smallest absolute Gasteiger partial charge is 0.335 e. The van der Waals surface area contributed by atoms with Crippen LogP contribution in [0.3, 0.4) is 0 Å². The molecule has 7 N–H and O–H groups in total. The monoisotopic (exact) mass is 593 g/mol. The summed E-state index contributed by atoms with van der Waals surface area (Å²) in [5, 5.41) is 25.8. The van der Waals surface area contributed by atoms with Gasteiger partial charge < -0.3 is 31.7 Å². The lowest BCUT2D eigenvalue weighted by molar-refractivity contribution is -0.140. The number of aromatic carboxylic acids is 1. The van der Waals surface area contributed by atoms with Gasteiger partial charge in [-0.15, -0.1) is 11.3 Å². The van der Waals surface area contributed by atoms with Crippen LogP contribution in [0, 0.1) is 5.41 Å². The lowest BCUT2D eigenvalue weighted by atomic mass is 10.0. The first-order valence-electron chi connectivity index (χ1n) is 13.7. The van der Waals surface area contributed by atoms with Crippen molar-refractivity contribution < 1.29 is 24.3 Å². The minimum Gasteiger partial charge on any atom is -0.478 e. The largest absolute Gasteiger partial charge is 0.478 e. The van der Waals surface area contributed by atoms with Crippen LogP contribution in [-0.2, 0) is 16.0 Å². The van der Waals surface area contributed by atoms with Gasteiger partial charge in [0.15, 0.2) is 5.01 Å². The Morgan fingerprint density at radius 1 is 1.17 bits per heavy atom. The second-order valence-electron chi connectivity index (χ2n) is 10.1. The Bertz CT molecular complexity index is 1460. The van der Waals surface area contributed by atoms with Crippen molar-refractivity contribution in [2.24, 2.45) is 5.73 Å². The highest BCUT2D eigenvalue weighted by Crippen LogP contribution is 2.25. The van der Waals surface area contributed by atoms with Crippen LogP contribution >= 0.6 is 11.3 Å². The molecule has 2 aromatic carbocycles. The van der Waals surface area contributed by atoms with Crippen molar-refractivity contribution in [3.05, 3.63) is 64.7 Å². The van der Waals surface area contributed by atoms with Gasteiger partial charge in [0.05, 0.1) is 34.4 Å². The highest BCUT2D eigenvalue weighted by molar-refractivity contribution is 7.20. The molecular weight excluding hydrogens is 558 g/mol. The Hall–Kier alpha value is -4.20. The molecule has 3 aromatic rings. The first-order valence-corrected chi connectivity index (χ1v) is 14.5. The number of ketones is 1. The van der Waals surface area contributed by atoms with E-state index in [-0.39, 0.29) is 41.8 Å². The molecule has 1 aliphatic rings. The van der Waals surface area contributed by atoms with Crippen molar-refractivity contribution >= 4 is 51.0 Å². The number of fused-ring (bicyclic) bond motifs is 1. The molecule has 1 aliphatic heterocycles. The van der Waals surface area contributed by atoms with Crippen LogP contribution in [0.15, 0.2) is 48.5 Å². The van der Waals surface area contributed by atoms with E-state index in [0.717, 1.165) is 16.9 Å². The van der Waals surface area contributed by atoms with Gasteiger partial charge in [0.1, 0.15) is 11.9 Å². The van der Waals surface area contributed by atoms with E-state index in [1.165, 1.54) is 12.1 Å². The SMILES string of the molecule is CNC(Cc1ccccc1)C(=O)N1CCCC1C(=O)NC(CCNCC(=N)N)C(=O)c1nc2ccc(C(=O)O)cc2s1. The summed E-state index contributed by atoms with van der Waals surface area (Å²) in [5.41, 5.74) is 6.99. The van der Waals surface area contributed by atoms with E-state index in [1.807, 2.05) is 30.3 Å². The molecule has 3 unspecified atom stereocenters. The standard InChI is InChI=1S/C29H35N7O5S/c1-32-21(14-17-6-3-2-4-7-17)28(39)36-13-5-8-22(36)26(38)34-20(11-12-33-16-24(30)31)25(37)27-35-19-10-9-18(29(40)41)15-23(19)42-27/h2-4,6-7,9-10,15,20-22,32-33H,5,8,11-14,16H2,1H3,(H3,30,31)(H,34,38)(H,40,41). The first-order chi connectivity index (χ1) is 20.2. The lowest BCUT2D eigenvalue weighted by Crippen LogP contribution is -2.55. The molecule has 0 aliphatic carbocycles. The summed E-state index contributed by atoms with van der Waals surface area (Å²) in [5.74, 6) is -2.16. The van der Waals surface area contributed by atoms with Crippen LogP contribution in [0.2, 0.25) is 0 Å². The van der Waals surface area contributed by atoms with E-state index in [1.54, 1.807) is 18.0 Å². The zero-order chi connectivity index (χ0) is 30.2. The molecular formula is C29H35N7O5S. The number of likely N-dealkylation sites (tertiary alicyclic amines) is 1. The molecule has 1 saturated heterocycles. The third-order valence-electron chi connectivity index (χ3n) is 7.17. The predicted molar refractivity (Wildman–Crippen MR) is 160 cm³/mol. The number of benzene rings is 2. The number of carboxylic acid groups (broad SMARTS) is 1. The third kappa shape index (κ3) is 7.55. The van der Waals surface area contributed by atoms with Crippen LogP contribution in [-0.4, -0.2) is 89.2 Å². The van der Waals surface area contributed by atoms with Crippen molar-refractivity contribution in [1.82, 2.24) is 25.8 Å². The van der Waals surface area contributed by atoms with E-state index in [9.17, 15) is 24.3 Å². The number of carbonyl (C=O) groups excluding carboxylic acids is 3. The number of thiazole rings is 1. The predicted octanol–water partition coefficient (Wildman–Crippen LogP) is 1.40. The second-order valence-corrected chi connectivity index (χ2v) is 11.2. The fourth-order valence-electron chi connectivity index (χ4n) is 4.98. The molecule has 0 radical (unpaired) electrons. The second kappa shape index (κ2) is 14.1. The Morgan fingerprint density at radius 2 is 1.93 bits per heavy atom. The van der Waals surface area contributed by atoms with E-state index in [0.29, 0.717) is 36.0 Å². The number of nitrogens with one attached hydrogen (secondary N) is 4.